The summed E-state index contributed by atoms with van der Waals surface area (Å²) in [7, 11) is 0. The molecule has 0 bridgehead atoms. The highest BCUT2D eigenvalue weighted by atomic mass is 32.1. The molecule has 1 atom stereocenters. The van der Waals surface area contributed by atoms with E-state index in [0.717, 1.165) is 62.9 Å². The second-order valence-corrected chi connectivity index (χ2v) is 7.90. The maximum absolute atomic E-state index is 12.4. The fraction of sp³-hybridized carbons (Fsp3) is 0.529. The van der Waals surface area contributed by atoms with E-state index < -0.39 is 0 Å². The van der Waals surface area contributed by atoms with Crippen molar-refractivity contribution in [2.24, 2.45) is 0 Å². The normalized spacial score (nSPS) is 22.2. The van der Waals surface area contributed by atoms with E-state index in [1.807, 2.05) is 4.90 Å². The molecule has 1 unspecified atom stereocenters. The molecule has 0 radical (unpaired) electrons. The van der Waals surface area contributed by atoms with Crippen LogP contribution in [0, 0.1) is 0 Å². The van der Waals surface area contributed by atoms with Gasteiger partial charge in [0.2, 0.25) is 0 Å². The smallest absolute Gasteiger partial charge is 0.251 e. The number of nitrogens with zero attached hydrogens (tertiary/aromatic N) is 3. The zero-order chi connectivity index (χ0) is 16.4. The lowest BCUT2D eigenvalue weighted by atomic mass is 10.2. The molecule has 2 saturated heterocycles. The van der Waals surface area contributed by atoms with Crippen LogP contribution < -0.4 is 0 Å². The summed E-state index contributed by atoms with van der Waals surface area (Å²) in [4.78, 5) is 21.5. The molecule has 5 nitrogen and oxygen atoms in total. The van der Waals surface area contributed by atoms with Gasteiger partial charge in [0.25, 0.3) is 5.91 Å². The Morgan fingerprint density at radius 1 is 1.29 bits per heavy atom. The number of rotatable bonds is 4. The van der Waals surface area contributed by atoms with E-state index >= 15 is 0 Å². The molecule has 0 aromatic carbocycles. The second kappa shape index (κ2) is 7.31. The van der Waals surface area contributed by atoms with Gasteiger partial charge in [-0.25, -0.2) is 4.98 Å². The summed E-state index contributed by atoms with van der Waals surface area (Å²) in [5.74, 6) is 0.181. The molecule has 2 aliphatic rings. The Hall–Kier alpha value is -1.28. The Morgan fingerprint density at radius 2 is 2.17 bits per heavy atom. The molecule has 128 valence electrons. The van der Waals surface area contributed by atoms with Crippen LogP contribution in [-0.4, -0.2) is 59.6 Å². The van der Waals surface area contributed by atoms with Crippen LogP contribution in [-0.2, 0) is 16.1 Å². The van der Waals surface area contributed by atoms with Crippen LogP contribution in [0.2, 0.25) is 0 Å². The van der Waals surface area contributed by atoms with E-state index in [0.29, 0.717) is 0 Å². The highest BCUT2D eigenvalue weighted by molar-refractivity contribution is 7.14. The van der Waals surface area contributed by atoms with E-state index in [2.05, 4.69) is 27.1 Å². The minimum atomic E-state index is -0.191. The van der Waals surface area contributed by atoms with Gasteiger partial charge in [-0.05, 0) is 24.3 Å². The molecule has 0 aliphatic carbocycles. The number of aromatic nitrogens is 1. The number of hydrogen-bond donors (Lipinski definition) is 0. The molecule has 7 heteroatoms. The monoisotopic (exact) mass is 363 g/mol. The van der Waals surface area contributed by atoms with Crippen molar-refractivity contribution in [2.75, 3.05) is 32.8 Å². The van der Waals surface area contributed by atoms with Crippen molar-refractivity contribution in [2.45, 2.75) is 25.5 Å². The van der Waals surface area contributed by atoms with E-state index in [4.69, 9.17) is 9.72 Å². The third kappa shape index (κ3) is 3.54. The van der Waals surface area contributed by atoms with E-state index in [1.54, 1.807) is 22.7 Å². The summed E-state index contributed by atoms with van der Waals surface area (Å²) in [6.45, 7) is 4.99. The van der Waals surface area contributed by atoms with Gasteiger partial charge >= 0.3 is 0 Å². The highest BCUT2D eigenvalue weighted by Crippen LogP contribution is 2.26. The lowest BCUT2D eigenvalue weighted by Gasteiger charge is -2.35. The van der Waals surface area contributed by atoms with E-state index in [9.17, 15) is 4.79 Å². The van der Waals surface area contributed by atoms with Crippen molar-refractivity contribution < 1.29 is 9.53 Å². The fourth-order valence-electron chi connectivity index (χ4n) is 3.23. The Balaban J connectivity index is 1.29. The predicted octanol–water partition coefficient (Wildman–Crippen LogP) is 2.69. The molecule has 0 spiro atoms. The molecule has 24 heavy (non-hydrogen) atoms. The molecule has 4 heterocycles. The van der Waals surface area contributed by atoms with Crippen LogP contribution in [0.1, 0.15) is 18.5 Å². The van der Waals surface area contributed by atoms with Gasteiger partial charge in [-0.15, -0.1) is 11.3 Å². The number of carbonyl (C=O) groups excluding carboxylic acids is 1. The van der Waals surface area contributed by atoms with Crippen molar-refractivity contribution in [3.8, 4) is 10.6 Å². The first-order valence-corrected chi connectivity index (χ1v) is 10.2. The Labute approximate surface area is 149 Å². The average Bonchev–Trinajstić information content (AvgIpc) is 3.36. The first-order valence-electron chi connectivity index (χ1n) is 8.39. The quantitative estimate of drug-likeness (QED) is 0.838. The molecule has 2 fully saturated rings. The number of thiazole rings is 1. The number of hydrogen-bond acceptors (Lipinski definition) is 6. The summed E-state index contributed by atoms with van der Waals surface area (Å²) in [5.41, 5.74) is 2.34. The number of ether oxygens (including phenoxy) is 1. The number of carbonyl (C=O) groups is 1. The van der Waals surface area contributed by atoms with Crippen LogP contribution in [0.5, 0.6) is 0 Å². The lowest BCUT2D eigenvalue weighted by Crippen LogP contribution is -2.51. The standard InChI is InChI=1S/C17H21N3O2S2/c21-17(15-2-1-8-22-15)20-6-4-19(5-7-20)10-14-12-24-16(18-14)13-3-9-23-11-13/h3,9,11-12,15H,1-2,4-8,10H2. The van der Waals surface area contributed by atoms with Gasteiger partial charge in [0.15, 0.2) is 0 Å². The van der Waals surface area contributed by atoms with Gasteiger partial charge in [0.1, 0.15) is 11.1 Å². The Kier molecular flexibility index (Phi) is 4.93. The summed E-state index contributed by atoms with van der Waals surface area (Å²) in [6.07, 6.45) is 1.69. The van der Waals surface area contributed by atoms with E-state index in [-0.39, 0.29) is 12.0 Å². The topological polar surface area (TPSA) is 45.7 Å². The molecular weight excluding hydrogens is 342 g/mol. The summed E-state index contributed by atoms with van der Waals surface area (Å²) < 4.78 is 5.52. The molecule has 0 saturated carbocycles. The highest BCUT2D eigenvalue weighted by Gasteiger charge is 2.30. The maximum atomic E-state index is 12.4. The molecule has 4 rings (SSSR count). The van der Waals surface area contributed by atoms with Gasteiger partial charge in [-0.3, -0.25) is 9.69 Å². The first kappa shape index (κ1) is 16.2. The Morgan fingerprint density at radius 3 is 2.88 bits per heavy atom. The van der Waals surface area contributed by atoms with Gasteiger partial charge in [-0.1, -0.05) is 0 Å². The summed E-state index contributed by atoms with van der Waals surface area (Å²) in [5, 5.41) is 7.47. The van der Waals surface area contributed by atoms with Crippen molar-refractivity contribution >= 4 is 28.6 Å². The fourth-order valence-corrected chi connectivity index (χ4v) is 4.75. The Bertz CT molecular complexity index is 672. The maximum Gasteiger partial charge on any atom is 0.251 e. The van der Waals surface area contributed by atoms with Gasteiger partial charge in [-0.2, -0.15) is 11.3 Å². The molecular formula is C17H21N3O2S2. The van der Waals surface area contributed by atoms with Gasteiger partial charge < -0.3 is 9.64 Å². The first-order chi connectivity index (χ1) is 11.8. The summed E-state index contributed by atoms with van der Waals surface area (Å²) in [6, 6.07) is 2.11. The number of amides is 1. The van der Waals surface area contributed by atoms with Crippen LogP contribution in [0.25, 0.3) is 10.6 Å². The second-order valence-electron chi connectivity index (χ2n) is 6.26. The van der Waals surface area contributed by atoms with Crippen LogP contribution in [0.3, 0.4) is 0 Å². The minimum Gasteiger partial charge on any atom is -0.368 e. The summed E-state index contributed by atoms with van der Waals surface area (Å²) >= 11 is 3.41. The van der Waals surface area contributed by atoms with Crippen molar-refractivity contribution in [3.05, 3.63) is 27.9 Å². The average molecular weight is 364 g/mol. The van der Waals surface area contributed by atoms with Crippen molar-refractivity contribution in [3.63, 3.8) is 0 Å². The van der Waals surface area contributed by atoms with Crippen molar-refractivity contribution in [1.29, 1.82) is 0 Å². The van der Waals surface area contributed by atoms with Gasteiger partial charge in [0, 0.05) is 55.7 Å². The molecule has 2 aromatic heterocycles. The third-order valence-corrected chi connectivity index (χ3v) is 6.22. The molecule has 1 amide bonds. The number of thiophene rings is 1. The number of piperazine rings is 1. The van der Waals surface area contributed by atoms with Crippen molar-refractivity contribution in [1.82, 2.24) is 14.8 Å². The minimum absolute atomic E-state index is 0.181. The largest absolute Gasteiger partial charge is 0.368 e. The molecule has 0 N–H and O–H groups in total. The van der Waals surface area contributed by atoms with Gasteiger partial charge in [0.05, 0.1) is 5.69 Å². The van der Waals surface area contributed by atoms with E-state index in [1.165, 1.54) is 5.56 Å². The van der Waals surface area contributed by atoms with Crippen LogP contribution in [0.15, 0.2) is 22.2 Å². The molecule has 2 aromatic rings. The zero-order valence-electron chi connectivity index (χ0n) is 13.5. The van der Waals surface area contributed by atoms with Crippen LogP contribution in [0.4, 0.5) is 0 Å². The SMILES string of the molecule is O=C(C1CCCO1)N1CCN(Cc2csc(-c3ccsc3)n2)CC1. The third-order valence-electron chi connectivity index (χ3n) is 4.59. The molecule has 2 aliphatic heterocycles. The zero-order valence-corrected chi connectivity index (χ0v) is 15.2. The van der Waals surface area contributed by atoms with Crippen LogP contribution >= 0.6 is 22.7 Å². The lowest BCUT2D eigenvalue weighted by molar-refractivity contribution is -0.142. The predicted molar refractivity (Wildman–Crippen MR) is 96.3 cm³/mol.